The number of amides is 1. The van der Waals surface area contributed by atoms with E-state index >= 15 is 0 Å². The smallest absolute Gasteiger partial charge is 0.264 e. The van der Waals surface area contributed by atoms with Crippen LogP contribution in [0.3, 0.4) is 0 Å². The first-order valence-electron chi connectivity index (χ1n) is 10.1. The molecule has 1 heterocycles. The number of sulfonamides is 1. The molecule has 2 aromatic carbocycles. The average Bonchev–Trinajstić information content (AvgIpc) is 2.73. The van der Waals surface area contributed by atoms with Crippen molar-refractivity contribution in [2.24, 2.45) is 5.92 Å². The Kier molecular flexibility index (Phi) is 6.97. The number of anilines is 1. The Bertz CT molecular complexity index is 962. The number of rotatable bonds is 7. The van der Waals surface area contributed by atoms with Crippen molar-refractivity contribution < 1.29 is 22.3 Å². The van der Waals surface area contributed by atoms with E-state index in [0.29, 0.717) is 31.4 Å². The molecule has 1 atom stereocenters. The lowest BCUT2D eigenvalue weighted by atomic mass is 10.0. The lowest BCUT2D eigenvalue weighted by Crippen LogP contribution is -2.46. The third-order valence-electron chi connectivity index (χ3n) is 5.13. The van der Waals surface area contributed by atoms with Gasteiger partial charge in [-0.1, -0.05) is 6.92 Å². The first kappa shape index (κ1) is 22.1. The van der Waals surface area contributed by atoms with Gasteiger partial charge in [0.1, 0.15) is 18.1 Å². The highest BCUT2D eigenvalue weighted by Gasteiger charge is 2.30. The molecule has 8 heteroatoms. The van der Waals surface area contributed by atoms with E-state index in [4.69, 9.17) is 4.74 Å². The van der Waals surface area contributed by atoms with E-state index in [1.807, 2.05) is 6.92 Å². The van der Waals surface area contributed by atoms with Crippen molar-refractivity contribution in [3.63, 3.8) is 0 Å². The number of piperidine rings is 1. The highest BCUT2D eigenvalue weighted by Crippen LogP contribution is 2.26. The lowest BCUT2D eigenvalue weighted by molar-refractivity contribution is -0.131. The quantitative estimate of drug-likeness (QED) is 0.667. The maximum absolute atomic E-state index is 13.4. The fraction of sp³-hybridized carbons (Fsp3) is 0.409. The largest absolute Gasteiger partial charge is 0.494 e. The number of hydrogen-bond donors (Lipinski definition) is 0. The van der Waals surface area contributed by atoms with Gasteiger partial charge < -0.3 is 9.64 Å². The third-order valence-corrected chi connectivity index (χ3v) is 6.91. The van der Waals surface area contributed by atoms with Crippen molar-refractivity contribution in [2.75, 3.05) is 30.5 Å². The summed E-state index contributed by atoms with van der Waals surface area (Å²) in [5, 5.41) is 0. The molecule has 0 N–H and O–H groups in total. The van der Waals surface area contributed by atoms with Gasteiger partial charge in [0.05, 0.1) is 17.2 Å². The van der Waals surface area contributed by atoms with Crippen LogP contribution < -0.4 is 9.04 Å². The Labute approximate surface area is 177 Å². The maximum Gasteiger partial charge on any atom is 0.264 e. The summed E-state index contributed by atoms with van der Waals surface area (Å²) >= 11 is 0. The van der Waals surface area contributed by atoms with Crippen molar-refractivity contribution in [3.8, 4) is 5.75 Å². The van der Waals surface area contributed by atoms with E-state index in [0.717, 1.165) is 17.1 Å². The van der Waals surface area contributed by atoms with Crippen LogP contribution in [0.2, 0.25) is 0 Å². The van der Waals surface area contributed by atoms with Crippen LogP contribution in [0.1, 0.15) is 26.7 Å². The summed E-state index contributed by atoms with van der Waals surface area (Å²) < 4.78 is 46.6. The molecule has 0 spiro atoms. The minimum atomic E-state index is -4.04. The standard InChI is InChI=1S/C22H27FN2O4S/c1-3-29-20-10-12-21(13-11-20)30(27,28)25(19-8-6-18(23)7-9-19)16-22(26)24-14-4-5-17(2)15-24/h6-13,17H,3-5,14-16H2,1-2H3/t17-/m0/s1. The molecule has 1 saturated heterocycles. The van der Waals surface area contributed by atoms with Crippen molar-refractivity contribution in [1.82, 2.24) is 4.90 Å². The Morgan fingerprint density at radius 2 is 1.83 bits per heavy atom. The number of benzene rings is 2. The molecule has 1 aliphatic heterocycles. The Morgan fingerprint density at radius 1 is 1.17 bits per heavy atom. The summed E-state index contributed by atoms with van der Waals surface area (Å²) in [4.78, 5) is 14.7. The van der Waals surface area contributed by atoms with Gasteiger partial charge in [-0.05, 0) is 74.2 Å². The molecule has 30 heavy (non-hydrogen) atoms. The topological polar surface area (TPSA) is 66.9 Å². The second-order valence-electron chi connectivity index (χ2n) is 7.48. The number of carbonyl (C=O) groups excluding carboxylic acids is 1. The van der Waals surface area contributed by atoms with E-state index in [-0.39, 0.29) is 23.0 Å². The van der Waals surface area contributed by atoms with Crippen LogP contribution in [-0.4, -0.2) is 45.5 Å². The molecular weight excluding hydrogens is 407 g/mol. The lowest BCUT2D eigenvalue weighted by Gasteiger charge is -2.33. The molecule has 162 valence electrons. The van der Waals surface area contributed by atoms with Gasteiger partial charge in [0.25, 0.3) is 10.0 Å². The second kappa shape index (κ2) is 9.47. The molecule has 6 nitrogen and oxygen atoms in total. The molecule has 1 amide bonds. The summed E-state index contributed by atoms with van der Waals surface area (Å²) in [6.07, 6.45) is 1.95. The monoisotopic (exact) mass is 434 g/mol. The first-order valence-corrected chi connectivity index (χ1v) is 11.5. The van der Waals surface area contributed by atoms with E-state index < -0.39 is 15.8 Å². The molecule has 1 fully saturated rings. The molecule has 0 bridgehead atoms. The van der Waals surface area contributed by atoms with E-state index in [9.17, 15) is 17.6 Å². The molecule has 1 aliphatic rings. The summed E-state index contributed by atoms with van der Waals surface area (Å²) in [6, 6.07) is 11.2. The van der Waals surface area contributed by atoms with Crippen molar-refractivity contribution >= 4 is 21.6 Å². The third kappa shape index (κ3) is 5.11. The van der Waals surface area contributed by atoms with E-state index in [1.165, 1.54) is 36.4 Å². The highest BCUT2D eigenvalue weighted by molar-refractivity contribution is 7.92. The number of halogens is 1. The number of likely N-dealkylation sites (tertiary alicyclic amines) is 1. The fourth-order valence-corrected chi connectivity index (χ4v) is 4.98. The predicted octanol–water partition coefficient (Wildman–Crippen LogP) is 3.68. The second-order valence-corrected chi connectivity index (χ2v) is 9.34. The van der Waals surface area contributed by atoms with Gasteiger partial charge in [-0.3, -0.25) is 9.10 Å². The minimum absolute atomic E-state index is 0.0371. The van der Waals surface area contributed by atoms with Crippen LogP contribution in [0, 0.1) is 11.7 Å². The zero-order valence-corrected chi connectivity index (χ0v) is 18.1. The van der Waals surface area contributed by atoms with Crippen LogP contribution in [0.5, 0.6) is 5.75 Å². The summed E-state index contributed by atoms with van der Waals surface area (Å²) in [7, 11) is -4.04. The first-order chi connectivity index (χ1) is 14.3. The van der Waals surface area contributed by atoms with Crippen LogP contribution in [0.4, 0.5) is 10.1 Å². The Balaban J connectivity index is 1.92. The number of carbonyl (C=O) groups is 1. The Morgan fingerprint density at radius 3 is 2.43 bits per heavy atom. The van der Waals surface area contributed by atoms with E-state index in [1.54, 1.807) is 17.0 Å². The number of nitrogens with zero attached hydrogens (tertiary/aromatic N) is 2. The Hall–Kier alpha value is -2.61. The van der Waals surface area contributed by atoms with Crippen LogP contribution >= 0.6 is 0 Å². The zero-order valence-electron chi connectivity index (χ0n) is 17.3. The molecule has 3 rings (SSSR count). The number of ether oxygens (including phenoxy) is 1. The van der Waals surface area contributed by atoms with Gasteiger partial charge in [-0.25, -0.2) is 12.8 Å². The van der Waals surface area contributed by atoms with Gasteiger partial charge in [-0.2, -0.15) is 0 Å². The maximum atomic E-state index is 13.4. The molecule has 0 aliphatic carbocycles. The molecule has 0 saturated carbocycles. The summed E-state index contributed by atoms with van der Waals surface area (Å²) in [5.41, 5.74) is 0.240. The molecule has 0 radical (unpaired) electrons. The normalized spacial score (nSPS) is 16.9. The summed E-state index contributed by atoms with van der Waals surface area (Å²) in [5.74, 6) is 0.196. The average molecular weight is 435 g/mol. The predicted molar refractivity (Wildman–Crippen MR) is 114 cm³/mol. The van der Waals surface area contributed by atoms with Gasteiger partial charge >= 0.3 is 0 Å². The zero-order chi connectivity index (χ0) is 21.7. The minimum Gasteiger partial charge on any atom is -0.494 e. The van der Waals surface area contributed by atoms with Crippen molar-refractivity contribution in [3.05, 3.63) is 54.3 Å². The van der Waals surface area contributed by atoms with Gasteiger partial charge in [-0.15, -0.1) is 0 Å². The SMILES string of the molecule is CCOc1ccc(S(=O)(=O)N(CC(=O)N2CCC[C@H](C)C2)c2ccc(F)cc2)cc1. The van der Waals surface area contributed by atoms with Crippen molar-refractivity contribution in [2.45, 2.75) is 31.6 Å². The van der Waals surface area contributed by atoms with Gasteiger partial charge in [0.15, 0.2) is 0 Å². The van der Waals surface area contributed by atoms with Crippen LogP contribution in [-0.2, 0) is 14.8 Å². The highest BCUT2D eigenvalue weighted by atomic mass is 32.2. The van der Waals surface area contributed by atoms with E-state index in [2.05, 4.69) is 6.92 Å². The van der Waals surface area contributed by atoms with Gasteiger partial charge in [0, 0.05) is 13.1 Å². The number of hydrogen-bond acceptors (Lipinski definition) is 4. The van der Waals surface area contributed by atoms with Crippen molar-refractivity contribution in [1.29, 1.82) is 0 Å². The molecule has 0 aromatic heterocycles. The molecule has 2 aromatic rings. The molecular formula is C22H27FN2O4S. The fourth-order valence-electron chi connectivity index (χ4n) is 3.56. The molecule has 0 unspecified atom stereocenters. The van der Waals surface area contributed by atoms with Gasteiger partial charge in [0.2, 0.25) is 5.91 Å². The summed E-state index contributed by atoms with van der Waals surface area (Å²) in [6.45, 7) is 5.27. The van der Waals surface area contributed by atoms with Crippen LogP contribution in [0.25, 0.3) is 0 Å². The van der Waals surface area contributed by atoms with Crippen LogP contribution in [0.15, 0.2) is 53.4 Å².